The lowest BCUT2D eigenvalue weighted by Crippen LogP contribution is -2.28. The van der Waals surface area contributed by atoms with Gasteiger partial charge in [-0.2, -0.15) is 0 Å². The number of carbonyl (C=O) groups excluding carboxylic acids is 1. The van der Waals surface area contributed by atoms with Gasteiger partial charge < -0.3 is 5.32 Å². The SMILES string of the molecule is Cn1c(=O)c(C(=O)Nc2ccc([N+](=O)[O-])cc2)cc2cccnc21. The molecule has 0 aliphatic heterocycles. The number of benzene rings is 1. The first kappa shape index (κ1) is 15.3. The molecule has 0 aliphatic rings. The van der Waals surface area contributed by atoms with Crippen molar-refractivity contribution in [1.29, 1.82) is 0 Å². The van der Waals surface area contributed by atoms with Gasteiger partial charge in [0.2, 0.25) is 0 Å². The number of nitrogens with zero attached hydrogens (tertiary/aromatic N) is 3. The number of aryl methyl sites for hydroxylation is 1. The number of hydrogen-bond acceptors (Lipinski definition) is 5. The van der Waals surface area contributed by atoms with Crippen molar-refractivity contribution in [3.8, 4) is 0 Å². The van der Waals surface area contributed by atoms with E-state index in [2.05, 4.69) is 10.3 Å². The summed E-state index contributed by atoms with van der Waals surface area (Å²) in [4.78, 5) is 38.9. The Kier molecular flexibility index (Phi) is 3.78. The van der Waals surface area contributed by atoms with Gasteiger partial charge >= 0.3 is 0 Å². The lowest BCUT2D eigenvalue weighted by Gasteiger charge is -2.08. The summed E-state index contributed by atoms with van der Waals surface area (Å²) in [7, 11) is 1.54. The van der Waals surface area contributed by atoms with Crippen LogP contribution in [0.4, 0.5) is 11.4 Å². The van der Waals surface area contributed by atoms with Gasteiger partial charge in [0.15, 0.2) is 0 Å². The van der Waals surface area contributed by atoms with E-state index in [1.165, 1.54) is 34.9 Å². The lowest BCUT2D eigenvalue weighted by molar-refractivity contribution is -0.384. The number of rotatable bonds is 3. The Morgan fingerprint density at radius 3 is 2.62 bits per heavy atom. The summed E-state index contributed by atoms with van der Waals surface area (Å²) in [6.45, 7) is 0. The summed E-state index contributed by atoms with van der Waals surface area (Å²) >= 11 is 0. The van der Waals surface area contributed by atoms with Gasteiger partial charge in [0.05, 0.1) is 4.92 Å². The first-order valence-corrected chi connectivity index (χ1v) is 6.98. The standard InChI is InChI=1S/C16H12N4O4/c1-19-14-10(3-2-8-17-14)9-13(16(19)22)15(21)18-11-4-6-12(7-5-11)20(23)24/h2-9H,1H3,(H,18,21). The quantitative estimate of drug-likeness (QED) is 0.586. The molecule has 0 saturated heterocycles. The predicted octanol–water partition coefficient (Wildman–Crippen LogP) is 2.09. The average molecular weight is 324 g/mol. The van der Waals surface area contributed by atoms with E-state index in [4.69, 9.17) is 0 Å². The van der Waals surface area contributed by atoms with Crippen LogP contribution >= 0.6 is 0 Å². The van der Waals surface area contributed by atoms with Crippen molar-refractivity contribution >= 4 is 28.3 Å². The summed E-state index contributed by atoms with van der Waals surface area (Å²) in [5, 5.41) is 13.9. The third kappa shape index (κ3) is 2.72. The van der Waals surface area contributed by atoms with E-state index in [0.29, 0.717) is 16.7 Å². The molecule has 2 aromatic heterocycles. The Balaban J connectivity index is 1.95. The number of non-ortho nitro benzene ring substituents is 1. The normalized spacial score (nSPS) is 10.5. The third-order valence-corrected chi connectivity index (χ3v) is 3.55. The Morgan fingerprint density at radius 2 is 1.96 bits per heavy atom. The van der Waals surface area contributed by atoms with Crippen LogP contribution in [0.1, 0.15) is 10.4 Å². The zero-order chi connectivity index (χ0) is 17.3. The molecule has 1 N–H and O–H groups in total. The highest BCUT2D eigenvalue weighted by molar-refractivity contribution is 6.05. The van der Waals surface area contributed by atoms with Crippen LogP contribution in [0.2, 0.25) is 0 Å². The molecule has 0 aliphatic carbocycles. The number of anilines is 1. The molecule has 2 heterocycles. The van der Waals surface area contributed by atoms with Crippen LogP contribution < -0.4 is 10.9 Å². The number of fused-ring (bicyclic) bond motifs is 1. The van der Waals surface area contributed by atoms with Crippen LogP contribution in [0.25, 0.3) is 11.0 Å². The van der Waals surface area contributed by atoms with Crippen LogP contribution in [-0.4, -0.2) is 20.4 Å². The topological polar surface area (TPSA) is 107 Å². The van der Waals surface area contributed by atoms with Crippen LogP contribution in [0.15, 0.2) is 53.5 Å². The number of amides is 1. The minimum Gasteiger partial charge on any atom is -0.322 e. The highest BCUT2D eigenvalue weighted by Crippen LogP contribution is 2.16. The summed E-state index contributed by atoms with van der Waals surface area (Å²) in [5.41, 5.74) is 0.256. The summed E-state index contributed by atoms with van der Waals surface area (Å²) < 4.78 is 1.31. The fourth-order valence-corrected chi connectivity index (χ4v) is 2.32. The van der Waals surface area contributed by atoms with Crippen molar-refractivity contribution in [3.05, 3.63) is 74.7 Å². The molecule has 0 saturated carbocycles. The summed E-state index contributed by atoms with van der Waals surface area (Å²) in [5.74, 6) is -0.588. The van der Waals surface area contributed by atoms with Gasteiger partial charge in [-0.05, 0) is 30.3 Å². The molecule has 24 heavy (non-hydrogen) atoms. The molecule has 1 amide bonds. The van der Waals surface area contributed by atoms with Crippen molar-refractivity contribution in [1.82, 2.24) is 9.55 Å². The molecule has 0 atom stereocenters. The molecule has 0 fully saturated rings. The molecule has 0 bridgehead atoms. The molecule has 0 unspecified atom stereocenters. The first-order chi connectivity index (χ1) is 11.5. The van der Waals surface area contributed by atoms with Crippen molar-refractivity contribution in [2.75, 3.05) is 5.32 Å². The van der Waals surface area contributed by atoms with E-state index in [-0.39, 0.29) is 11.3 Å². The van der Waals surface area contributed by atoms with E-state index >= 15 is 0 Å². The molecule has 120 valence electrons. The number of carbonyl (C=O) groups is 1. The molecule has 0 radical (unpaired) electrons. The van der Waals surface area contributed by atoms with Crippen molar-refractivity contribution in [3.63, 3.8) is 0 Å². The fourth-order valence-electron chi connectivity index (χ4n) is 2.32. The van der Waals surface area contributed by atoms with Gasteiger partial charge in [-0.15, -0.1) is 0 Å². The molecule has 8 heteroatoms. The number of aromatic nitrogens is 2. The molecular formula is C16H12N4O4. The average Bonchev–Trinajstić information content (AvgIpc) is 2.58. The minimum atomic E-state index is -0.588. The second-order valence-electron chi connectivity index (χ2n) is 5.10. The monoisotopic (exact) mass is 324 g/mol. The second kappa shape index (κ2) is 5.92. The molecule has 1 aromatic carbocycles. The molecular weight excluding hydrogens is 312 g/mol. The van der Waals surface area contributed by atoms with E-state index in [1.54, 1.807) is 25.4 Å². The number of nitro groups is 1. The number of nitrogens with one attached hydrogen (secondary N) is 1. The third-order valence-electron chi connectivity index (χ3n) is 3.55. The summed E-state index contributed by atoms with van der Waals surface area (Å²) in [6.07, 6.45) is 1.57. The maximum Gasteiger partial charge on any atom is 0.269 e. The molecule has 8 nitrogen and oxygen atoms in total. The molecule has 3 rings (SSSR count). The Morgan fingerprint density at radius 1 is 1.25 bits per heavy atom. The second-order valence-corrected chi connectivity index (χ2v) is 5.10. The molecule has 3 aromatic rings. The Bertz CT molecular complexity index is 1010. The van der Waals surface area contributed by atoms with Crippen LogP contribution in [0.3, 0.4) is 0 Å². The van der Waals surface area contributed by atoms with Gasteiger partial charge in [0, 0.05) is 36.5 Å². The largest absolute Gasteiger partial charge is 0.322 e. The predicted molar refractivity (Wildman–Crippen MR) is 88.0 cm³/mol. The van der Waals surface area contributed by atoms with Gasteiger partial charge in [0.25, 0.3) is 17.2 Å². The number of nitro benzene ring substituents is 1. The Labute approximate surface area is 135 Å². The van der Waals surface area contributed by atoms with E-state index in [9.17, 15) is 19.7 Å². The van der Waals surface area contributed by atoms with Gasteiger partial charge in [-0.3, -0.25) is 24.3 Å². The zero-order valence-corrected chi connectivity index (χ0v) is 12.6. The van der Waals surface area contributed by atoms with Crippen molar-refractivity contribution in [2.24, 2.45) is 7.05 Å². The first-order valence-electron chi connectivity index (χ1n) is 6.98. The van der Waals surface area contributed by atoms with E-state index in [1.807, 2.05) is 0 Å². The molecule has 0 spiro atoms. The van der Waals surface area contributed by atoms with Crippen LogP contribution in [0, 0.1) is 10.1 Å². The summed E-state index contributed by atoms with van der Waals surface area (Å²) in [6, 6.07) is 10.3. The highest BCUT2D eigenvalue weighted by Gasteiger charge is 2.15. The Hall–Kier alpha value is -3.55. The van der Waals surface area contributed by atoms with E-state index in [0.717, 1.165) is 0 Å². The van der Waals surface area contributed by atoms with Gasteiger partial charge in [-0.1, -0.05) is 0 Å². The van der Waals surface area contributed by atoms with E-state index < -0.39 is 16.4 Å². The maximum absolute atomic E-state index is 12.4. The zero-order valence-electron chi connectivity index (χ0n) is 12.6. The van der Waals surface area contributed by atoms with Crippen molar-refractivity contribution in [2.45, 2.75) is 0 Å². The minimum absolute atomic E-state index is 0.0312. The van der Waals surface area contributed by atoms with Gasteiger partial charge in [-0.25, -0.2) is 4.98 Å². The smallest absolute Gasteiger partial charge is 0.269 e. The van der Waals surface area contributed by atoms with Crippen LogP contribution in [-0.2, 0) is 7.05 Å². The van der Waals surface area contributed by atoms with Crippen molar-refractivity contribution < 1.29 is 9.72 Å². The fraction of sp³-hybridized carbons (Fsp3) is 0.0625. The van der Waals surface area contributed by atoms with Gasteiger partial charge in [0.1, 0.15) is 11.2 Å². The maximum atomic E-state index is 12.4. The highest BCUT2D eigenvalue weighted by atomic mass is 16.6. The number of pyridine rings is 2. The van der Waals surface area contributed by atoms with Crippen LogP contribution in [0.5, 0.6) is 0 Å². The number of hydrogen-bond donors (Lipinski definition) is 1. The lowest BCUT2D eigenvalue weighted by atomic mass is 10.2.